The minimum atomic E-state index is -0.120. The van der Waals surface area contributed by atoms with Crippen LogP contribution in [0.15, 0.2) is 23.2 Å². The number of hydrogen-bond acceptors (Lipinski definition) is 5. The van der Waals surface area contributed by atoms with Crippen molar-refractivity contribution in [1.82, 2.24) is 16.0 Å². The summed E-state index contributed by atoms with van der Waals surface area (Å²) >= 11 is 0. The van der Waals surface area contributed by atoms with Crippen molar-refractivity contribution in [2.24, 2.45) is 4.99 Å². The van der Waals surface area contributed by atoms with Crippen molar-refractivity contribution in [3.05, 3.63) is 23.8 Å². The Morgan fingerprint density at radius 2 is 1.76 bits per heavy atom. The van der Waals surface area contributed by atoms with Crippen LogP contribution in [0.1, 0.15) is 45.2 Å². The van der Waals surface area contributed by atoms with Gasteiger partial charge < -0.3 is 30.2 Å². The third-order valence-electron chi connectivity index (χ3n) is 4.01. The van der Waals surface area contributed by atoms with E-state index >= 15 is 0 Å². The third kappa shape index (κ3) is 9.51. The fourth-order valence-electron chi connectivity index (χ4n) is 2.45. The van der Waals surface area contributed by atoms with E-state index in [2.05, 4.69) is 34.8 Å². The van der Waals surface area contributed by atoms with Gasteiger partial charge in [-0.3, -0.25) is 9.79 Å². The molecule has 8 heteroatoms. The van der Waals surface area contributed by atoms with E-state index in [0.717, 1.165) is 29.9 Å². The van der Waals surface area contributed by atoms with E-state index in [0.29, 0.717) is 32.3 Å². The monoisotopic (exact) mass is 408 g/mol. The van der Waals surface area contributed by atoms with Crippen LogP contribution in [0.25, 0.3) is 0 Å². The first-order chi connectivity index (χ1) is 14.0. The molecule has 0 spiro atoms. The Morgan fingerprint density at radius 1 is 1.07 bits per heavy atom. The Bertz CT molecular complexity index is 637. The molecule has 0 aliphatic rings. The number of carbonyl (C=O) groups excluding carboxylic acids is 1. The number of aliphatic imine (C=N–C) groups is 1. The molecule has 164 valence electrons. The van der Waals surface area contributed by atoms with Gasteiger partial charge in [0, 0.05) is 20.7 Å². The highest BCUT2D eigenvalue weighted by Gasteiger charge is 2.13. The van der Waals surface area contributed by atoms with Crippen LogP contribution in [-0.4, -0.2) is 58.9 Å². The number of hydrogen-bond donors (Lipinski definition) is 3. The van der Waals surface area contributed by atoms with Crippen LogP contribution in [0.5, 0.6) is 11.5 Å². The molecule has 0 fully saturated rings. The van der Waals surface area contributed by atoms with Gasteiger partial charge in [0.25, 0.3) is 0 Å². The van der Waals surface area contributed by atoms with Gasteiger partial charge in [0.2, 0.25) is 5.91 Å². The fraction of sp³-hybridized carbons (Fsp3) is 0.619. The first-order valence-electron chi connectivity index (χ1n) is 10.2. The Morgan fingerprint density at radius 3 is 2.38 bits per heavy atom. The Labute approximate surface area is 174 Å². The molecule has 29 heavy (non-hydrogen) atoms. The van der Waals surface area contributed by atoms with Crippen LogP contribution in [0.2, 0.25) is 0 Å². The highest BCUT2D eigenvalue weighted by Crippen LogP contribution is 2.31. The number of ether oxygens (including phenoxy) is 3. The van der Waals surface area contributed by atoms with E-state index in [1.54, 1.807) is 14.2 Å². The second-order valence-electron chi connectivity index (χ2n) is 6.54. The van der Waals surface area contributed by atoms with Crippen molar-refractivity contribution in [1.29, 1.82) is 0 Å². The lowest BCUT2D eigenvalue weighted by molar-refractivity contribution is -0.120. The number of guanidine groups is 1. The summed E-state index contributed by atoms with van der Waals surface area (Å²) in [6.07, 6.45) is 1.86. The molecule has 0 aromatic heterocycles. The Hall–Kier alpha value is -2.48. The average Bonchev–Trinajstić information content (AvgIpc) is 2.73. The third-order valence-corrected chi connectivity index (χ3v) is 4.01. The first-order valence-corrected chi connectivity index (χ1v) is 10.2. The molecule has 1 unspecified atom stereocenters. The molecule has 0 bridgehead atoms. The highest BCUT2D eigenvalue weighted by molar-refractivity contribution is 5.86. The number of nitrogens with zero attached hydrogens (tertiary/aromatic N) is 1. The van der Waals surface area contributed by atoms with Gasteiger partial charge in [-0.15, -0.1) is 0 Å². The summed E-state index contributed by atoms with van der Waals surface area (Å²) in [4.78, 5) is 16.0. The van der Waals surface area contributed by atoms with Gasteiger partial charge >= 0.3 is 0 Å². The SMILES string of the molecule is CCCOc1ccc(C(C)NC(=NC)NCC(=O)NCCOC)cc1OCCC. The molecule has 1 aromatic carbocycles. The van der Waals surface area contributed by atoms with Gasteiger partial charge in [-0.1, -0.05) is 19.9 Å². The maximum absolute atomic E-state index is 11.8. The molecule has 1 rings (SSSR count). The minimum absolute atomic E-state index is 0.0399. The van der Waals surface area contributed by atoms with E-state index in [-0.39, 0.29) is 18.5 Å². The lowest BCUT2D eigenvalue weighted by Gasteiger charge is -2.20. The van der Waals surface area contributed by atoms with Gasteiger partial charge in [0.05, 0.1) is 32.4 Å². The summed E-state index contributed by atoms with van der Waals surface area (Å²) in [6, 6.07) is 5.89. The zero-order valence-electron chi connectivity index (χ0n) is 18.3. The van der Waals surface area contributed by atoms with E-state index < -0.39 is 0 Å². The van der Waals surface area contributed by atoms with Crippen LogP contribution >= 0.6 is 0 Å². The zero-order valence-corrected chi connectivity index (χ0v) is 18.3. The zero-order chi connectivity index (χ0) is 21.5. The topological polar surface area (TPSA) is 93.2 Å². The molecule has 0 saturated heterocycles. The van der Waals surface area contributed by atoms with Crippen LogP contribution in [-0.2, 0) is 9.53 Å². The van der Waals surface area contributed by atoms with Crippen molar-refractivity contribution in [2.45, 2.75) is 39.7 Å². The number of methoxy groups -OCH3 is 1. The number of nitrogens with one attached hydrogen (secondary N) is 3. The highest BCUT2D eigenvalue weighted by atomic mass is 16.5. The smallest absolute Gasteiger partial charge is 0.239 e. The molecule has 1 atom stereocenters. The molecule has 3 N–H and O–H groups in total. The second kappa shape index (κ2) is 14.5. The molecule has 0 saturated carbocycles. The van der Waals surface area contributed by atoms with Crippen LogP contribution in [0, 0.1) is 0 Å². The summed E-state index contributed by atoms with van der Waals surface area (Å²) in [5.74, 6) is 1.92. The van der Waals surface area contributed by atoms with Crippen molar-refractivity contribution < 1.29 is 19.0 Å². The van der Waals surface area contributed by atoms with Gasteiger partial charge in [0.1, 0.15) is 0 Å². The molecule has 0 radical (unpaired) electrons. The molecule has 0 aliphatic carbocycles. The summed E-state index contributed by atoms with van der Waals surface area (Å²) in [7, 11) is 3.26. The van der Waals surface area contributed by atoms with Gasteiger partial charge in [0.15, 0.2) is 17.5 Å². The van der Waals surface area contributed by atoms with Crippen molar-refractivity contribution >= 4 is 11.9 Å². The fourth-order valence-corrected chi connectivity index (χ4v) is 2.45. The van der Waals surface area contributed by atoms with E-state index in [9.17, 15) is 4.79 Å². The Kier molecular flexibility index (Phi) is 12.3. The van der Waals surface area contributed by atoms with Crippen molar-refractivity contribution in [2.75, 3.05) is 47.1 Å². The summed E-state index contributed by atoms with van der Waals surface area (Å²) in [6.45, 7) is 8.54. The molecule has 0 aliphatic heterocycles. The van der Waals surface area contributed by atoms with Crippen LogP contribution < -0.4 is 25.4 Å². The number of benzene rings is 1. The molecule has 0 heterocycles. The molecular weight excluding hydrogens is 372 g/mol. The summed E-state index contributed by atoms with van der Waals surface area (Å²) in [5.41, 5.74) is 1.03. The first kappa shape index (κ1) is 24.6. The number of rotatable bonds is 13. The van der Waals surface area contributed by atoms with Gasteiger partial charge in [-0.25, -0.2) is 0 Å². The van der Waals surface area contributed by atoms with E-state index in [1.807, 2.05) is 25.1 Å². The van der Waals surface area contributed by atoms with Crippen molar-refractivity contribution in [3.8, 4) is 11.5 Å². The minimum Gasteiger partial charge on any atom is -0.490 e. The predicted molar refractivity (Wildman–Crippen MR) is 116 cm³/mol. The standard InChI is InChI=1S/C21H36N4O4/c1-6-11-28-18-9-8-17(14-19(18)29-12-7-2)16(3)25-21(22-4)24-15-20(26)23-10-13-27-5/h8-9,14,16H,6-7,10-13,15H2,1-5H3,(H,23,26)(H2,22,24,25). The summed E-state index contributed by atoms with van der Waals surface area (Å²) < 4.78 is 16.6. The normalized spacial score (nSPS) is 12.2. The molecule has 8 nitrogen and oxygen atoms in total. The molecular formula is C21H36N4O4. The second-order valence-corrected chi connectivity index (χ2v) is 6.54. The maximum Gasteiger partial charge on any atom is 0.239 e. The van der Waals surface area contributed by atoms with Gasteiger partial charge in [-0.2, -0.15) is 0 Å². The number of amides is 1. The van der Waals surface area contributed by atoms with E-state index in [4.69, 9.17) is 14.2 Å². The van der Waals surface area contributed by atoms with Crippen LogP contribution in [0.3, 0.4) is 0 Å². The average molecular weight is 409 g/mol. The van der Waals surface area contributed by atoms with Crippen LogP contribution in [0.4, 0.5) is 0 Å². The lowest BCUT2D eigenvalue weighted by atomic mass is 10.1. The summed E-state index contributed by atoms with van der Waals surface area (Å²) in [5, 5.41) is 9.06. The number of carbonyl (C=O) groups is 1. The van der Waals surface area contributed by atoms with E-state index in [1.165, 1.54) is 0 Å². The van der Waals surface area contributed by atoms with Gasteiger partial charge in [-0.05, 0) is 37.5 Å². The largest absolute Gasteiger partial charge is 0.490 e. The maximum atomic E-state index is 11.8. The molecule has 1 aromatic rings. The Balaban J connectivity index is 2.70. The lowest BCUT2D eigenvalue weighted by Crippen LogP contribution is -2.44. The molecule has 1 amide bonds. The van der Waals surface area contributed by atoms with Crippen molar-refractivity contribution in [3.63, 3.8) is 0 Å². The quantitative estimate of drug-likeness (QED) is 0.263. The predicted octanol–water partition coefficient (Wildman–Crippen LogP) is 2.25.